The molecule has 0 N–H and O–H groups in total. The van der Waals surface area contributed by atoms with Gasteiger partial charge in [0.2, 0.25) is 11.8 Å². The molecule has 7 nitrogen and oxygen atoms in total. The van der Waals surface area contributed by atoms with Gasteiger partial charge in [-0.1, -0.05) is 11.6 Å². The van der Waals surface area contributed by atoms with E-state index in [0.29, 0.717) is 29.6 Å². The van der Waals surface area contributed by atoms with E-state index in [2.05, 4.69) is 36.3 Å². The van der Waals surface area contributed by atoms with Crippen molar-refractivity contribution in [1.82, 2.24) is 29.8 Å². The molecular formula is C17H17BrClF3N6O. The fourth-order valence-corrected chi connectivity index (χ4v) is 4.15. The topological polar surface area (TPSA) is 74.6 Å². The van der Waals surface area contributed by atoms with Crippen LogP contribution in [0.5, 0.6) is 0 Å². The zero-order valence-corrected chi connectivity index (χ0v) is 17.9. The minimum atomic E-state index is -4.53. The Morgan fingerprint density at radius 2 is 1.83 bits per heavy atom. The van der Waals surface area contributed by atoms with Crippen molar-refractivity contribution in [2.24, 2.45) is 0 Å². The summed E-state index contributed by atoms with van der Waals surface area (Å²) in [6, 6.07) is 0. The number of nitrogens with zero attached hydrogens (tertiary/aromatic N) is 6. The molecule has 0 aliphatic heterocycles. The van der Waals surface area contributed by atoms with Crippen LogP contribution >= 0.6 is 27.5 Å². The Morgan fingerprint density at radius 1 is 1.14 bits per heavy atom. The summed E-state index contributed by atoms with van der Waals surface area (Å²) in [4.78, 5) is 0. The second-order valence-electron chi connectivity index (χ2n) is 7.02. The van der Waals surface area contributed by atoms with Crippen LogP contribution < -0.4 is 0 Å². The van der Waals surface area contributed by atoms with Crippen molar-refractivity contribution in [2.45, 2.75) is 58.3 Å². The summed E-state index contributed by atoms with van der Waals surface area (Å²) in [5, 5.41) is 16.7. The van der Waals surface area contributed by atoms with E-state index in [9.17, 15) is 13.2 Å². The van der Waals surface area contributed by atoms with E-state index in [-0.39, 0.29) is 22.8 Å². The van der Waals surface area contributed by atoms with Crippen LogP contribution in [0.3, 0.4) is 0 Å². The molecule has 1 aliphatic carbocycles. The van der Waals surface area contributed by atoms with Crippen LogP contribution in [-0.2, 0) is 25.7 Å². The Balaban J connectivity index is 1.50. The third kappa shape index (κ3) is 4.07. The maximum Gasteiger partial charge on any atom is 0.436 e. The minimum Gasteiger partial charge on any atom is -0.423 e. The molecule has 0 amide bonds. The van der Waals surface area contributed by atoms with E-state index in [0.717, 1.165) is 24.2 Å². The summed E-state index contributed by atoms with van der Waals surface area (Å²) in [6.07, 6.45) is -2.43. The molecule has 156 valence electrons. The minimum absolute atomic E-state index is 0.00588. The Kier molecular flexibility index (Phi) is 5.22. The highest BCUT2D eigenvalue weighted by atomic mass is 79.9. The zero-order chi connectivity index (χ0) is 20.9. The van der Waals surface area contributed by atoms with Crippen LogP contribution in [0, 0.1) is 13.8 Å². The van der Waals surface area contributed by atoms with Gasteiger partial charge < -0.3 is 4.42 Å². The van der Waals surface area contributed by atoms with E-state index in [1.54, 1.807) is 4.68 Å². The number of aromatic nitrogens is 6. The number of hydrogen-bond donors (Lipinski definition) is 0. The van der Waals surface area contributed by atoms with Gasteiger partial charge in [0.05, 0.1) is 26.6 Å². The van der Waals surface area contributed by atoms with Gasteiger partial charge in [0.15, 0.2) is 5.69 Å². The Bertz CT molecular complexity index is 1050. The predicted molar refractivity (Wildman–Crippen MR) is 101 cm³/mol. The maximum atomic E-state index is 13.2. The van der Waals surface area contributed by atoms with Crippen LogP contribution in [0.1, 0.15) is 53.3 Å². The SMILES string of the molecule is Cc1nn(CCc2nnc(Cn3nc(C(F)(F)F)c(Br)c3C3CC3)o2)c(C)c1Cl. The van der Waals surface area contributed by atoms with Gasteiger partial charge in [-0.3, -0.25) is 9.36 Å². The largest absolute Gasteiger partial charge is 0.436 e. The highest BCUT2D eigenvalue weighted by molar-refractivity contribution is 9.10. The second kappa shape index (κ2) is 7.42. The lowest BCUT2D eigenvalue weighted by molar-refractivity contribution is -0.142. The van der Waals surface area contributed by atoms with Gasteiger partial charge in [0, 0.05) is 18.9 Å². The van der Waals surface area contributed by atoms with Gasteiger partial charge in [0.25, 0.3) is 0 Å². The Hall–Kier alpha value is -1.88. The average molecular weight is 494 g/mol. The first-order chi connectivity index (χ1) is 13.6. The number of alkyl halides is 3. The van der Waals surface area contributed by atoms with Gasteiger partial charge in [0.1, 0.15) is 6.54 Å². The lowest BCUT2D eigenvalue weighted by atomic mass is 10.2. The van der Waals surface area contributed by atoms with Crippen LogP contribution in [0.25, 0.3) is 0 Å². The molecule has 0 radical (unpaired) electrons. The van der Waals surface area contributed by atoms with Crippen LogP contribution in [0.15, 0.2) is 8.89 Å². The van der Waals surface area contributed by atoms with Gasteiger partial charge in [-0.15, -0.1) is 10.2 Å². The molecule has 1 saturated carbocycles. The van der Waals surface area contributed by atoms with Gasteiger partial charge in [-0.05, 0) is 42.6 Å². The third-order valence-corrected chi connectivity index (χ3v) is 6.12. The highest BCUT2D eigenvalue weighted by Crippen LogP contribution is 2.47. The van der Waals surface area contributed by atoms with E-state index in [4.69, 9.17) is 16.0 Å². The summed E-state index contributed by atoms with van der Waals surface area (Å²) >= 11 is 9.21. The number of rotatable bonds is 6. The molecule has 0 unspecified atom stereocenters. The van der Waals surface area contributed by atoms with E-state index in [1.807, 2.05) is 13.8 Å². The van der Waals surface area contributed by atoms with Crippen molar-refractivity contribution in [3.05, 3.63) is 44.1 Å². The molecule has 4 rings (SSSR count). The number of hydrogen-bond acceptors (Lipinski definition) is 5. The second-order valence-corrected chi connectivity index (χ2v) is 8.20. The van der Waals surface area contributed by atoms with Crippen molar-refractivity contribution in [2.75, 3.05) is 0 Å². The van der Waals surface area contributed by atoms with Crippen molar-refractivity contribution in [3.63, 3.8) is 0 Å². The zero-order valence-electron chi connectivity index (χ0n) is 15.6. The molecule has 1 aliphatic rings. The average Bonchev–Trinajstić information content (AvgIpc) is 3.21. The first-order valence-corrected chi connectivity index (χ1v) is 10.2. The highest BCUT2D eigenvalue weighted by Gasteiger charge is 2.41. The summed E-state index contributed by atoms with van der Waals surface area (Å²) in [5.74, 6) is 0.641. The van der Waals surface area contributed by atoms with Crippen LogP contribution in [0.4, 0.5) is 13.2 Å². The summed E-state index contributed by atoms with van der Waals surface area (Å²) in [5.41, 5.74) is 1.18. The number of aryl methyl sites for hydroxylation is 3. The van der Waals surface area contributed by atoms with E-state index >= 15 is 0 Å². The number of halogens is 5. The fraction of sp³-hybridized carbons (Fsp3) is 0.529. The van der Waals surface area contributed by atoms with E-state index in [1.165, 1.54) is 4.68 Å². The standard InChI is InChI=1S/C17H17BrClF3N6O/c1-8-14(19)9(2)27(25-8)6-5-11-23-24-12(29-11)7-28-15(10-3-4-10)13(18)16(26-28)17(20,21)22/h10H,3-7H2,1-2H3. The molecule has 0 spiro atoms. The van der Waals surface area contributed by atoms with Gasteiger partial charge in [-0.2, -0.15) is 23.4 Å². The summed E-state index contributed by atoms with van der Waals surface area (Å²) in [7, 11) is 0. The monoisotopic (exact) mass is 492 g/mol. The maximum absolute atomic E-state index is 13.2. The lowest BCUT2D eigenvalue weighted by Gasteiger charge is -2.04. The van der Waals surface area contributed by atoms with Crippen molar-refractivity contribution < 1.29 is 17.6 Å². The smallest absolute Gasteiger partial charge is 0.423 e. The van der Waals surface area contributed by atoms with Crippen molar-refractivity contribution in [1.29, 1.82) is 0 Å². The quantitative estimate of drug-likeness (QED) is 0.498. The molecule has 3 aromatic rings. The molecule has 0 bridgehead atoms. The Labute approximate surface area is 177 Å². The molecule has 0 aromatic carbocycles. The van der Waals surface area contributed by atoms with Crippen molar-refractivity contribution >= 4 is 27.5 Å². The van der Waals surface area contributed by atoms with Gasteiger partial charge in [-0.25, -0.2) is 0 Å². The Morgan fingerprint density at radius 3 is 2.41 bits per heavy atom. The van der Waals surface area contributed by atoms with E-state index < -0.39 is 11.9 Å². The lowest BCUT2D eigenvalue weighted by Crippen LogP contribution is -2.10. The molecule has 0 atom stereocenters. The first kappa shape index (κ1) is 20.4. The van der Waals surface area contributed by atoms with Crippen LogP contribution in [0.2, 0.25) is 5.02 Å². The molecule has 29 heavy (non-hydrogen) atoms. The van der Waals surface area contributed by atoms with Crippen LogP contribution in [-0.4, -0.2) is 29.8 Å². The fourth-order valence-electron chi connectivity index (χ4n) is 3.18. The molecule has 0 saturated heterocycles. The molecule has 3 heterocycles. The summed E-state index contributed by atoms with van der Waals surface area (Å²) < 4.78 is 48.3. The predicted octanol–water partition coefficient (Wildman–Crippen LogP) is 4.68. The normalized spacial score (nSPS) is 14.7. The third-order valence-electron chi connectivity index (χ3n) is 4.79. The molecule has 1 fully saturated rings. The van der Waals surface area contributed by atoms with Gasteiger partial charge >= 0.3 is 6.18 Å². The first-order valence-electron chi connectivity index (χ1n) is 8.99. The molecule has 12 heteroatoms. The molecule has 3 aromatic heterocycles. The molecular weight excluding hydrogens is 477 g/mol. The van der Waals surface area contributed by atoms with Crippen molar-refractivity contribution in [3.8, 4) is 0 Å². The summed E-state index contributed by atoms with van der Waals surface area (Å²) in [6.45, 7) is 4.18.